The molecule has 49 heavy (non-hydrogen) atoms. The summed E-state index contributed by atoms with van der Waals surface area (Å²) in [6.45, 7) is 0. The molecule has 3 amide bonds. The Bertz CT molecular complexity index is 2010. The first kappa shape index (κ1) is 39.8. The van der Waals surface area contributed by atoms with E-state index in [0.717, 1.165) is 30.3 Å². The molecule has 0 unspecified atom stereocenters. The summed E-state index contributed by atoms with van der Waals surface area (Å²) in [5.41, 5.74) is -5.27. The van der Waals surface area contributed by atoms with E-state index < -0.39 is 46.5 Å². The molecule has 0 aliphatic rings. The highest BCUT2D eigenvalue weighted by Gasteiger charge is 2.47. The van der Waals surface area contributed by atoms with Crippen LogP contribution in [0.4, 0.5) is 48.2 Å². The van der Waals surface area contributed by atoms with E-state index in [2.05, 4.69) is 20.9 Å². The van der Waals surface area contributed by atoms with Gasteiger partial charge in [-0.1, -0.05) is 19.6 Å². The van der Waals surface area contributed by atoms with Gasteiger partial charge in [0.2, 0.25) is 0 Å². The number of carbonyl (C=O) groups is 2. The Morgan fingerprint density at radius 1 is 0.714 bits per heavy atom. The van der Waals surface area contributed by atoms with Gasteiger partial charge in [0.1, 0.15) is 17.2 Å². The van der Waals surface area contributed by atoms with Gasteiger partial charge in [-0.25, -0.2) is 21.6 Å². The van der Waals surface area contributed by atoms with Crippen LogP contribution in [0.2, 0.25) is 0 Å². The van der Waals surface area contributed by atoms with Crippen LogP contribution in [0, 0.1) is 0 Å². The molecule has 4 aromatic rings. The molecule has 1 aromatic heterocycles. The highest BCUT2D eigenvalue weighted by atomic mass is 32.2. The van der Waals surface area contributed by atoms with Crippen molar-refractivity contribution in [3.63, 3.8) is 0 Å². The number of hydrogen-bond acceptors (Lipinski definition) is 9. The van der Waals surface area contributed by atoms with Crippen molar-refractivity contribution in [3.8, 4) is 11.5 Å². The van der Waals surface area contributed by atoms with Gasteiger partial charge in [-0.05, 0) is 66.7 Å². The number of pyridine rings is 1. The molecule has 12 nitrogen and oxygen atoms in total. The number of nitrogens with two attached hydrogens (primary N) is 1. The van der Waals surface area contributed by atoms with Crippen molar-refractivity contribution in [2.75, 3.05) is 23.4 Å². The molecule has 20 heteroatoms. The van der Waals surface area contributed by atoms with Gasteiger partial charge < -0.3 is 26.4 Å². The summed E-state index contributed by atoms with van der Waals surface area (Å²) in [6.07, 6.45) is 1.41. The summed E-state index contributed by atoms with van der Waals surface area (Å²) >= 11 is 0. The average Bonchev–Trinajstić information content (AvgIpc) is 3.01. The lowest BCUT2D eigenvalue weighted by molar-refractivity contribution is -0.0442. The van der Waals surface area contributed by atoms with Crippen molar-refractivity contribution in [2.24, 2.45) is 0 Å². The van der Waals surface area contributed by atoms with E-state index in [4.69, 9.17) is 10.5 Å². The summed E-state index contributed by atoms with van der Waals surface area (Å²) in [4.78, 5) is 25.9. The maximum Gasteiger partial charge on any atom is 0.501 e. The summed E-state index contributed by atoms with van der Waals surface area (Å²) in [6, 6.07) is 16.1. The number of nitrogens with one attached hydrogen (secondary N) is 3. The number of nitrogen functional groups attached to an aromatic ring is 1. The second-order valence-corrected chi connectivity index (χ2v) is 13.0. The zero-order valence-corrected chi connectivity index (χ0v) is 25.8. The van der Waals surface area contributed by atoms with E-state index in [1.54, 1.807) is 6.07 Å². The minimum Gasteiger partial charge on any atom is -0.457 e. The van der Waals surface area contributed by atoms with Crippen molar-refractivity contribution in [1.82, 2.24) is 10.3 Å². The lowest BCUT2D eigenvalue weighted by Gasteiger charge is -2.11. The summed E-state index contributed by atoms with van der Waals surface area (Å²) in [5.74, 6) is 0.378. The highest BCUT2D eigenvalue weighted by Crippen LogP contribution is 2.32. The Balaban J connectivity index is 0.000000467. The van der Waals surface area contributed by atoms with Crippen molar-refractivity contribution < 1.29 is 57.5 Å². The third-order valence-corrected chi connectivity index (χ3v) is 8.69. The van der Waals surface area contributed by atoms with Gasteiger partial charge in [-0.2, -0.15) is 26.3 Å². The summed E-state index contributed by atoms with van der Waals surface area (Å²) in [7, 11) is -9.35. The number of alkyl halides is 6. The fourth-order valence-corrected chi connectivity index (χ4v) is 5.08. The maximum atomic E-state index is 12.7. The molecule has 0 fully saturated rings. The zero-order valence-electron chi connectivity index (χ0n) is 24.1. The van der Waals surface area contributed by atoms with Crippen molar-refractivity contribution in [3.05, 3.63) is 96.8 Å². The molecule has 0 radical (unpaired) electrons. The van der Waals surface area contributed by atoms with Gasteiger partial charge in [0, 0.05) is 36.4 Å². The first-order valence-corrected chi connectivity index (χ1v) is 15.8. The van der Waals surface area contributed by atoms with Crippen molar-refractivity contribution >= 4 is 48.7 Å². The van der Waals surface area contributed by atoms with Gasteiger partial charge in [0.25, 0.3) is 25.6 Å². The van der Waals surface area contributed by atoms with E-state index in [1.807, 2.05) is 0 Å². The molecule has 0 atom stereocenters. The van der Waals surface area contributed by atoms with Gasteiger partial charge in [-0.15, -0.1) is 0 Å². The Morgan fingerprint density at radius 2 is 1.24 bits per heavy atom. The molecule has 0 spiro atoms. The maximum absolute atomic E-state index is 12.7. The summed E-state index contributed by atoms with van der Waals surface area (Å²) in [5, 5.41) is 7.18. The van der Waals surface area contributed by atoms with E-state index in [9.17, 15) is 52.8 Å². The number of carbonyl (C=O) groups excluding carboxylic acids is 2. The normalized spacial score (nSPS) is 11.6. The monoisotopic (exact) mass is 735 g/mol. The van der Waals surface area contributed by atoms with Crippen LogP contribution in [0.3, 0.4) is 0 Å². The molecule has 0 saturated carbocycles. The number of benzene rings is 3. The largest absolute Gasteiger partial charge is 0.501 e. The third kappa shape index (κ3) is 10.3. The SMILES string of the molecule is C.CNC(=O)c1cc(Oc2ccc(NC(=O)Nc3cccc(S(=O)(=O)C(F)(F)F)c3)cc2)ccn1.Nc1cccc(S(=O)(=O)C(F)(F)F)c1. The number of anilines is 3. The molecule has 0 saturated heterocycles. The molecular weight excluding hydrogens is 708 g/mol. The number of hydrogen-bond donors (Lipinski definition) is 4. The van der Waals surface area contributed by atoms with Crippen LogP contribution < -0.4 is 26.4 Å². The Labute approximate surface area is 276 Å². The molecule has 264 valence electrons. The fourth-order valence-electron chi connectivity index (χ4n) is 3.45. The van der Waals surface area contributed by atoms with Gasteiger partial charge in [0.05, 0.1) is 9.79 Å². The van der Waals surface area contributed by atoms with Crippen LogP contribution in [0.15, 0.2) is 101 Å². The van der Waals surface area contributed by atoms with E-state index >= 15 is 0 Å². The second-order valence-electron chi connectivity index (χ2n) is 9.16. The molecular formula is C29H27F6N5O7S2. The van der Waals surface area contributed by atoms with Gasteiger partial charge in [0.15, 0.2) is 0 Å². The minimum absolute atomic E-state index is 0. The predicted molar refractivity (Wildman–Crippen MR) is 167 cm³/mol. The smallest absolute Gasteiger partial charge is 0.457 e. The molecule has 5 N–H and O–H groups in total. The summed E-state index contributed by atoms with van der Waals surface area (Å²) < 4.78 is 125. The molecule has 0 aliphatic carbocycles. The number of ether oxygens (including phenoxy) is 1. The zero-order chi connectivity index (χ0) is 35.9. The number of amides is 3. The number of sulfone groups is 2. The van der Waals surface area contributed by atoms with Crippen LogP contribution in [0.25, 0.3) is 0 Å². The van der Waals surface area contributed by atoms with E-state index in [1.165, 1.54) is 55.7 Å². The number of rotatable bonds is 7. The van der Waals surface area contributed by atoms with E-state index in [0.29, 0.717) is 23.3 Å². The molecule has 0 bridgehead atoms. The van der Waals surface area contributed by atoms with Crippen LogP contribution >= 0.6 is 0 Å². The van der Waals surface area contributed by atoms with Gasteiger partial charge in [-0.3, -0.25) is 9.78 Å². The van der Waals surface area contributed by atoms with Crippen LogP contribution in [-0.2, 0) is 19.7 Å². The Kier molecular flexibility index (Phi) is 12.7. The van der Waals surface area contributed by atoms with Crippen LogP contribution in [0.5, 0.6) is 11.5 Å². The fraction of sp³-hybridized carbons (Fsp3) is 0.138. The predicted octanol–water partition coefficient (Wildman–Crippen LogP) is 6.37. The standard InChI is InChI=1S/C21H17F3N4O5S.C7H6F3NO2S.CH4/c1-25-19(29)18-12-16(9-10-26-18)33-15-7-5-13(6-8-15)27-20(30)28-14-3-2-4-17(11-14)34(31,32)21(22,23)24;8-7(9,10)14(12,13)6-3-1-2-5(11)4-6;/h2-12H,1H3,(H,25,29)(H2,27,28,30);1-4H,11H2;1H4. The topological polar surface area (TPSA) is 187 Å². The highest BCUT2D eigenvalue weighted by molar-refractivity contribution is 7.92. The second kappa shape index (κ2) is 15.7. The molecule has 0 aliphatic heterocycles. The molecule has 3 aromatic carbocycles. The van der Waals surface area contributed by atoms with Crippen LogP contribution in [0.1, 0.15) is 17.9 Å². The lowest BCUT2D eigenvalue weighted by atomic mass is 10.3. The number of aromatic nitrogens is 1. The number of urea groups is 1. The Morgan fingerprint density at radius 3 is 1.78 bits per heavy atom. The lowest BCUT2D eigenvalue weighted by Crippen LogP contribution is -2.24. The van der Waals surface area contributed by atoms with Crippen molar-refractivity contribution in [2.45, 2.75) is 28.2 Å². The van der Waals surface area contributed by atoms with Crippen LogP contribution in [-0.4, -0.2) is 51.8 Å². The quantitative estimate of drug-likeness (QED) is 0.124. The molecule has 1 heterocycles. The van der Waals surface area contributed by atoms with Crippen molar-refractivity contribution in [1.29, 1.82) is 0 Å². The first-order chi connectivity index (χ1) is 22.2. The number of nitrogens with zero attached hydrogens (tertiary/aromatic N) is 1. The van der Waals surface area contributed by atoms with E-state index in [-0.39, 0.29) is 30.4 Å². The minimum atomic E-state index is -5.55. The molecule has 4 rings (SSSR count). The number of halogens is 6. The van der Waals surface area contributed by atoms with Gasteiger partial charge >= 0.3 is 17.0 Å². The third-order valence-electron chi connectivity index (χ3n) is 5.72. The first-order valence-electron chi connectivity index (χ1n) is 12.9. The Hall–Kier alpha value is -5.37. The average molecular weight is 736 g/mol.